The van der Waals surface area contributed by atoms with Gasteiger partial charge < -0.3 is 5.73 Å². The first kappa shape index (κ1) is 9.05. The van der Waals surface area contributed by atoms with Crippen LogP contribution in [-0.2, 0) is 0 Å². The molecular formula is C12H7N3. The third-order valence-electron chi connectivity index (χ3n) is 2.34. The van der Waals surface area contributed by atoms with E-state index in [4.69, 9.17) is 16.3 Å². The monoisotopic (exact) mass is 193 g/mol. The quantitative estimate of drug-likeness (QED) is 0.696. The molecule has 2 aliphatic carbocycles. The minimum absolute atomic E-state index is 0.279. The zero-order valence-electron chi connectivity index (χ0n) is 7.86. The fraction of sp³-hybridized carbons (Fsp3) is 0. The number of nitrogen functional groups attached to an aromatic ring is 1. The topological polar surface area (TPSA) is 73.6 Å². The number of nitrogens with zero attached hydrogens (tertiary/aromatic N) is 2. The van der Waals surface area contributed by atoms with Gasteiger partial charge in [-0.1, -0.05) is 30.3 Å². The molecule has 0 atom stereocenters. The zero-order valence-corrected chi connectivity index (χ0v) is 7.86. The van der Waals surface area contributed by atoms with Crippen LogP contribution in [0.2, 0.25) is 0 Å². The van der Waals surface area contributed by atoms with Crippen LogP contribution in [0.4, 0.5) is 5.69 Å². The maximum atomic E-state index is 8.97. The van der Waals surface area contributed by atoms with Gasteiger partial charge in [0.2, 0.25) is 0 Å². The minimum Gasteiger partial charge on any atom is -0.397 e. The number of hydrogen-bond acceptors (Lipinski definition) is 3. The molecule has 0 bridgehead atoms. The molecule has 0 saturated carbocycles. The normalized spacial score (nSPS) is 9.47. The van der Waals surface area contributed by atoms with E-state index >= 15 is 0 Å². The van der Waals surface area contributed by atoms with Gasteiger partial charge in [0, 0.05) is 11.1 Å². The van der Waals surface area contributed by atoms with Gasteiger partial charge in [-0.05, 0) is 0 Å². The van der Waals surface area contributed by atoms with Gasteiger partial charge in [0.25, 0.3) is 0 Å². The van der Waals surface area contributed by atoms with E-state index in [-0.39, 0.29) is 5.69 Å². The molecule has 0 radical (unpaired) electrons. The molecule has 3 nitrogen and oxygen atoms in total. The van der Waals surface area contributed by atoms with Gasteiger partial charge in [-0.3, -0.25) is 0 Å². The van der Waals surface area contributed by atoms with Crippen molar-refractivity contribution in [2.75, 3.05) is 5.73 Å². The predicted octanol–water partition coefficient (Wildman–Crippen LogP) is 2.12. The van der Waals surface area contributed by atoms with Crippen molar-refractivity contribution >= 4 is 5.69 Å². The highest BCUT2D eigenvalue weighted by Gasteiger charge is 2.19. The van der Waals surface area contributed by atoms with Gasteiger partial charge in [-0.2, -0.15) is 10.5 Å². The smallest absolute Gasteiger partial charge is 0.102 e. The highest BCUT2D eigenvalue weighted by Crippen LogP contribution is 2.36. The van der Waals surface area contributed by atoms with Crippen LogP contribution < -0.4 is 5.73 Å². The first-order valence-electron chi connectivity index (χ1n) is 4.40. The second-order valence-corrected chi connectivity index (χ2v) is 3.13. The first-order chi connectivity index (χ1) is 7.29. The summed E-state index contributed by atoms with van der Waals surface area (Å²) in [6, 6.07) is 13.1. The summed E-state index contributed by atoms with van der Waals surface area (Å²) in [5.74, 6) is 0. The maximum absolute atomic E-state index is 8.97. The largest absolute Gasteiger partial charge is 0.397 e. The van der Waals surface area contributed by atoms with E-state index in [1.54, 1.807) is 12.1 Å². The summed E-state index contributed by atoms with van der Waals surface area (Å²) in [4.78, 5) is 0. The van der Waals surface area contributed by atoms with Crippen LogP contribution in [0, 0.1) is 22.7 Å². The van der Waals surface area contributed by atoms with Crippen LogP contribution in [0.5, 0.6) is 0 Å². The van der Waals surface area contributed by atoms with E-state index in [0.717, 1.165) is 11.1 Å². The predicted molar refractivity (Wildman–Crippen MR) is 56.9 cm³/mol. The van der Waals surface area contributed by atoms with E-state index < -0.39 is 0 Å². The molecule has 3 heteroatoms. The first-order valence-corrected chi connectivity index (χ1v) is 4.40. The van der Waals surface area contributed by atoms with E-state index in [2.05, 4.69) is 0 Å². The average Bonchev–Trinajstić information content (AvgIpc) is 2.43. The van der Waals surface area contributed by atoms with E-state index in [0.29, 0.717) is 11.1 Å². The number of hydrogen-bond donors (Lipinski definition) is 1. The molecule has 0 aliphatic heterocycles. The highest BCUT2D eigenvalue weighted by molar-refractivity contribution is 5.90. The summed E-state index contributed by atoms with van der Waals surface area (Å²) in [7, 11) is 0. The van der Waals surface area contributed by atoms with Gasteiger partial charge in [0.05, 0.1) is 16.8 Å². The van der Waals surface area contributed by atoms with E-state index in [1.807, 2.05) is 30.3 Å². The van der Waals surface area contributed by atoms with Crippen molar-refractivity contribution in [3.8, 4) is 23.3 Å². The summed E-state index contributed by atoms with van der Waals surface area (Å²) >= 11 is 0. The Kier molecular flexibility index (Phi) is 2.00. The fourth-order valence-electron chi connectivity index (χ4n) is 1.64. The molecule has 0 fully saturated rings. The van der Waals surface area contributed by atoms with Gasteiger partial charge in [0.1, 0.15) is 12.1 Å². The summed E-state index contributed by atoms with van der Waals surface area (Å²) in [6.07, 6.45) is 0. The second kappa shape index (κ2) is 3.32. The molecule has 0 aromatic carbocycles. The molecule has 15 heavy (non-hydrogen) atoms. The van der Waals surface area contributed by atoms with Crippen molar-refractivity contribution in [3.05, 3.63) is 41.5 Å². The lowest BCUT2D eigenvalue weighted by Gasteiger charge is -1.91. The number of rotatable bonds is 0. The Balaban J connectivity index is 2.94. The van der Waals surface area contributed by atoms with Crippen molar-refractivity contribution in [1.29, 1.82) is 10.5 Å². The molecule has 0 unspecified atom stereocenters. The van der Waals surface area contributed by atoms with Crippen molar-refractivity contribution in [3.63, 3.8) is 0 Å². The molecular weight excluding hydrogens is 186 g/mol. The van der Waals surface area contributed by atoms with Crippen molar-refractivity contribution < 1.29 is 0 Å². The van der Waals surface area contributed by atoms with Crippen molar-refractivity contribution in [1.82, 2.24) is 0 Å². The number of fused-ring (bicyclic) bond motifs is 1. The minimum atomic E-state index is 0.279. The lowest BCUT2D eigenvalue weighted by Crippen LogP contribution is -1.87. The zero-order chi connectivity index (χ0) is 10.8. The van der Waals surface area contributed by atoms with Gasteiger partial charge >= 0.3 is 0 Å². The Bertz CT molecular complexity index is 524. The third-order valence-corrected chi connectivity index (χ3v) is 2.34. The molecule has 0 heterocycles. The lowest BCUT2D eigenvalue weighted by atomic mass is 10.1. The lowest BCUT2D eigenvalue weighted by molar-refractivity contribution is 1.50. The van der Waals surface area contributed by atoms with Crippen LogP contribution in [0.1, 0.15) is 11.1 Å². The second-order valence-electron chi connectivity index (χ2n) is 3.13. The number of anilines is 1. The van der Waals surface area contributed by atoms with Crippen LogP contribution >= 0.6 is 0 Å². The molecule has 70 valence electrons. The molecule has 2 rings (SSSR count). The maximum Gasteiger partial charge on any atom is 0.102 e. The van der Waals surface area contributed by atoms with Crippen molar-refractivity contribution in [2.24, 2.45) is 0 Å². The summed E-state index contributed by atoms with van der Waals surface area (Å²) < 4.78 is 0. The third kappa shape index (κ3) is 1.19. The van der Waals surface area contributed by atoms with Crippen molar-refractivity contribution in [2.45, 2.75) is 0 Å². The van der Waals surface area contributed by atoms with Gasteiger partial charge in [0.15, 0.2) is 0 Å². The summed E-state index contributed by atoms with van der Waals surface area (Å²) in [5, 5.41) is 17.9. The Hall–Kier alpha value is -2.52. The van der Waals surface area contributed by atoms with Gasteiger partial charge in [-0.25, -0.2) is 0 Å². The fourth-order valence-corrected chi connectivity index (χ4v) is 1.64. The highest BCUT2D eigenvalue weighted by atomic mass is 14.6. The number of nitriles is 2. The molecule has 2 N–H and O–H groups in total. The molecule has 0 saturated heterocycles. The molecule has 2 aliphatic rings. The summed E-state index contributed by atoms with van der Waals surface area (Å²) in [5.41, 5.74) is 8.25. The number of nitrogens with two attached hydrogens (primary N) is 1. The molecule has 0 spiro atoms. The molecule has 0 aromatic rings. The molecule has 0 amide bonds. The average molecular weight is 193 g/mol. The summed E-state index contributed by atoms with van der Waals surface area (Å²) in [6.45, 7) is 0. The Morgan fingerprint density at radius 3 is 1.73 bits per heavy atom. The van der Waals surface area contributed by atoms with Crippen LogP contribution in [-0.4, -0.2) is 0 Å². The van der Waals surface area contributed by atoms with Crippen LogP contribution in [0.15, 0.2) is 30.3 Å². The standard InChI is InChI=1S/C12H7N3/c13-6-10-8-4-2-1-3-5-9(8)11(7-14)12(10)15/h1-5H,15H2. The van der Waals surface area contributed by atoms with Gasteiger partial charge in [-0.15, -0.1) is 0 Å². The van der Waals surface area contributed by atoms with E-state index in [9.17, 15) is 0 Å². The Morgan fingerprint density at radius 1 is 0.867 bits per heavy atom. The Morgan fingerprint density at radius 2 is 1.33 bits per heavy atom. The SMILES string of the molecule is N#Cc1c2cccccc-2c(C#N)c1N. The van der Waals surface area contributed by atoms with Crippen LogP contribution in [0.3, 0.4) is 0 Å². The van der Waals surface area contributed by atoms with Crippen LogP contribution in [0.25, 0.3) is 11.1 Å². The Labute approximate surface area is 87.3 Å². The molecule has 0 aromatic heterocycles. The van der Waals surface area contributed by atoms with E-state index in [1.165, 1.54) is 0 Å².